The number of hydrogen-bond donors (Lipinski definition) is 2. The van der Waals surface area contributed by atoms with E-state index in [0.717, 1.165) is 11.4 Å². The molecule has 0 bridgehead atoms. The fraction of sp³-hybridized carbons (Fsp3) is 0.429. The fourth-order valence-corrected chi connectivity index (χ4v) is 0.889. The zero-order valence-corrected chi connectivity index (χ0v) is 7.48. The van der Waals surface area contributed by atoms with Crippen molar-refractivity contribution in [1.82, 2.24) is 15.3 Å². The normalized spacial score (nSPS) is 9.83. The molecule has 0 aliphatic heterocycles. The molecule has 1 aromatic rings. The zero-order valence-electron chi connectivity index (χ0n) is 6.72. The molecule has 0 saturated heterocycles. The second-order valence-corrected chi connectivity index (χ2v) is 2.65. The maximum absolute atomic E-state index is 10.7. The van der Waals surface area contributed by atoms with Gasteiger partial charge in [0.05, 0.1) is 18.6 Å². The predicted octanol–water partition coefficient (Wildman–Crippen LogP) is 0.573. The van der Waals surface area contributed by atoms with E-state index in [4.69, 9.17) is 11.6 Å². The first-order valence-electron chi connectivity index (χ1n) is 3.55. The second kappa shape index (κ2) is 4.11. The molecular weight excluding hydrogens is 178 g/mol. The van der Waals surface area contributed by atoms with Crippen molar-refractivity contribution < 1.29 is 4.79 Å². The summed E-state index contributed by atoms with van der Waals surface area (Å²) in [6.45, 7) is 2.33. The van der Waals surface area contributed by atoms with Gasteiger partial charge in [-0.05, 0) is 6.92 Å². The highest BCUT2D eigenvalue weighted by molar-refractivity contribution is 6.27. The van der Waals surface area contributed by atoms with Crippen molar-refractivity contribution in [1.29, 1.82) is 0 Å². The van der Waals surface area contributed by atoms with Crippen LogP contribution in [0, 0.1) is 6.92 Å². The van der Waals surface area contributed by atoms with Gasteiger partial charge in [0, 0.05) is 5.69 Å². The number of nitrogens with zero attached hydrogens (tertiary/aromatic N) is 1. The number of carbonyl (C=O) groups excluding carboxylic acids is 1. The van der Waals surface area contributed by atoms with Crippen LogP contribution in [0.15, 0.2) is 6.33 Å². The number of halogens is 1. The second-order valence-electron chi connectivity index (χ2n) is 2.38. The molecule has 0 fully saturated rings. The van der Waals surface area contributed by atoms with Crippen molar-refractivity contribution in [2.24, 2.45) is 0 Å². The summed E-state index contributed by atoms with van der Waals surface area (Å²) < 4.78 is 0. The van der Waals surface area contributed by atoms with Crippen LogP contribution in [-0.2, 0) is 11.3 Å². The zero-order chi connectivity index (χ0) is 8.97. The molecule has 12 heavy (non-hydrogen) atoms. The molecule has 0 aliphatic rings. The number of alkyl halides is 1. The molecule has 1 aromatic heterocycles. The third-order valence-corrected chi connectivity index (χ3v) is 1.75. The highest BCUT2D eigenvalue weighted by Crippen LogP contribution is 1.98. The fourth-order valence-electron chi connectivity index (χ4n) is 0.795. The lowest BCUT2D eigenvalue weighted by Gasteiger charge is -1.99. The molecule has 0 aromatic carbocycles. The van der Waals surface area contributed by atoms with Crippen molar-refractivity contribution >= 4 is 17.5 Å². The first-order chi connectivity index (χ1) is 5.74. The number of imidazole rings is 1. The first kappa shape index (κ1) is 9.06. The van der Waals surface area contributed by atoms with Crippen LogP contribution < -0.4 is 5.32 Å². The van der Waals surface area contributed by atoms with E-state index in [1.807, 2.05) is 6.92 Å². The molecule has 5 heteroatoms. The van der Waals surface area contributed by atoms with E-state index >= 15 is 0 Å². The van der Waals surface area contributed by atoms with Gasteiger partial charge in [-0.15, -0.1) is 11.6 Å². The third kappa shape index (κ3) is 2.23. The topological polar surface area (TPSA) is 57.8 Å². The van der Waals surface area contributed by atoms with Crippen LogP contribution in [0.1, 0.15) is 11.4 Å². The average Bonchev–Trinajstić information content (AvgIpc) is 2.47. The van der Waals surface area contributed by atoms with E-state index in [1.165, 1.54) is 0 Å². The van der Waals surface area contributed by atoms with Crippen molar-refractivity contribution in [3.63, 3.8) is 0 Å². The number of aromatic nitrogens is 2. The average molecular weight is 188 g/mol. The van der Waals surface area contributed by atoms with E-state index in [9.17, 15) is 4.79 Å². The van der Waals surface area contributed by atoms with Crippen molar-refractivity contribution in [2.45, 2.75) is 13.5 Å². The van der Waals surface area contributed by atoms with E-state index in [1.54, 1.807) is 6.33 Å². The highest BCUT2D eigenvalue weighted by atomic mass is 35.5. The number of amides is 1. The van der Waals surface area contributed by atoms with E-state index < -0.39 is 0 Å². The molecule has 4 nitrogen and oxygen atoms in total. The minimum Gasteiger partial charge on any atom is -0.349 e. The molecule has 0 unspecified atom stereocenters. The summed E-state index contributed by atoms with van der Waals surface area (Å²) in [6.07, 6.45) is 1.59. The highest BCUT2D eigenvalue weighted by Gasteiger charge is 2.02. The molecule has 0 spiro atoms. The van der Waals surface area contributed by atoms with Crippen LogP contribution in [-0.4, -0.2) is 21.8 Å². The molecule has 1 heterocycles. The quantitative estimate of drug-likeness (QED) is 0.680. The Morgan fingerprint density at radius 3 is 3.08 bits per heavy atom. The Balaban J connectivity index is 2.43. The Hall–Kier alpha value is -1.03. The largest absolute Gasteiger partial charge is 0.349 e. The number of hydrogen-bond acceptors (Lipinski definition) is 2. The monoisotopic (exact) mass is 187 g/mol. The number of aromatic amines is 1. The Labute approximate surface area is 75.3 Å². The van der Waals surface area contributed by atoms with Crippen molar-refractivity contribution in [2.75, 3.05) is 5.88 Å². The van der Waals surface area contributed by atoms with E-state index in [2.05, 4.69) is 15.3 Å². The van der Waals surface area contributed by atoms with Crippen LogP contribution in [0.25, 0.3) is 0 Å². The van der Waals surface area contributed by atoms with E-state index in [0.29, 0.717) is 6.54 Å². The SMILES string of the molecule is Cc1[nH]cnc1CNC(=O)CCl. The number of rotatable bonds is 3. The minimum absolute atomic E-state index is 0.0104. The molecule has 0 radical (unpaired) electrons. The van der Waals surface area contributed by atoms with Gasteiger partial charge in [0.25, 0.3) is 0 Å². The molecule has 1 amide bonds. The summed E-state index contributed by atoms with van der Waals surface area (Å²) in [4.78, 5) is 17.7. The lowest BCUT2D eigenvalue weighted by Crippen LogP contribution is -2.24. The summed E-state index contributed by atoms with van der Waals surface area (Å²) in [5, 5.41) is 2.62. The Morgan fingerprint density at radius 1 is 1.83 bits per heavy atom. The van der Waals surface area contributed by atoms with Crippen LogP contribution in [0.2, 0.25) is 0 Å². The minimum atomic E-state index is -0.181. The van der Waals surface area contributed by atoms with Gasteiger partial charge in [0.15, 0.2) is 0 Å². The summed E-state index contributed by atoms with van der Waals surface area (Å²) in [5.74, 6) is -0.192. The van der Waals surface area contributed by atoms with Gasteiger partial charge in [-0.3, -0.25) is 4.79 Å². The molecule has 0 aliphatic carbocycles. The van der Waals surface area contributed by atoms with Crippen molar-refractivity contribution in [3.05, 3.63) is 17.7 Å². The maximum atomic E-state index is 10.7. The lowest BCUT2D eigenvalue weighted by molar-refractivity contribution is -0.118. The molecule has 0 atom stereocenters. The van der Waals surface area contributed by atoms with Crippen LogP contribution in [0.3, 0.4) is 0 Å². The number of H-pyrrole nitrogens is 1. The number of nitrogens with one attached hydrogen (secondary N) is 2. The summed E-state index contributed by atoms with van der Waals surface area (Å²) in [5.41, 5.74) is 1.80. The Bertz CT molecular complexity index is 271. The molecule has 2 N–H and O–H groups in total. The van der Waals surface area contributed by atoms with Gasteiger partial charge in [-0.2, -0.15) is 0 Å². The van der Waals surface area contributed by atoms with E-state index in [-0.39, 0.29) is 11.8 Å². The van der Waals surface area contributed by atoms with Gasteiger partial charge >= 0.3 is 0 Å². The molecular formula is C7H10ClN3O. The predicted molar refractivity (Wildman–Crippen MR) is 45.9 cm³/mol. The first-order valence-corrected chi connectivity index (χ1v) is 4.09. The van der Waals surface area contributed by atoms with Gasteiger partial charge in [0.2, 0.25) is 5.91 Å². The molecule has 0 saturated carbocycles. The van der Waals surface area contributed by atoms with Crippen LogP contribution in [0.5, 0.6) is 0 Å². The van der Waals surface area contributed by atoms with Crippen LogP contribution in [0.4, 0.5) is 0 Å². The Kier molecular flexibility index (Phi) is 3.10. The van der Waals surface area contributed by atoms with Gasteiger partial charge in [-0.1, -0.05) is 0 Å². The summed E-state index contributed by atoms with van der Waals surface area (Å²) >= 11 is 5.29. The van der Waals surface area contributed by atoms with Crippen molar-refractivity contribution in [3.8, 4) is 0 Å². The number of carbonyl (C=O) groups is 1. The maximum Gasteiger partial charge on any atom is 0.235 e. The lowest BCUT2D eigenvalue weighted by atomic mass is 10.3. The summed E-state index contributed by atoms with van der Waals surface area (Å²) in [6, 6.07) is 0. The Morgan fingerprint density at radius 2 is 2.58 bits per heavy atom. The van der Waals surface area contributed by atoms with Crippen LogP contribution >= 0.6 is 11.6 Å². The third-order valence-electron chi connectivity index (χ3n) is 1.51. The van der Waals surface area contributed by atoms with Gasteiger partial charge in [0.1, 0.15) is 5.88 Å². The van der Waals surface area contributed by atoms with Gasteiger partial charge in [-0.25, -0.2) is 4.98 Å². The number of aryl methyl sites for hydroxylation is 1. The van der Waals surface area contributed by atoms with Gasteiger partial charge < -0.3 is 10.3 Å². The molecule has 1 rings (SSSR count). The summed E-state index contributed by atoms with van der Waals surface area (Å²) in [7, 11) is 0. The smallest absolute Gasteiger partial charge is 0.235 e. The standard InChI is InChI=1S/C7H10ClN3O/c1-5-6(11-4-10-5)3-9-7(12)2-8/h4H,2-3H2,1H3,(H,9,12)(H,10,11). The molecule has 66 valence electrons.